The van der Waals surface area contributed by atoms with Gasteiger partial charge in [-0.3, -0.25) is 4.79 Å². The minimum absolute atomic E-state index is 0.0307. The topological polar surface area (TPSA) is 69.6 Å². The number of amides is 1. The summed E-state index contributed by atoms with van der Waals surface area (Å²) in [5.74, 6) is 0.384. The molecule has 0 bridgehead atoms. The predicted molar refractivity (Wildman–Crippen MR) is 94.5 cm³/mol. The van der Waals surface area contributed by atoms with Gasteiger partial charge < -0.3 is 14.9 Å². The second kappa shape index (κ2) is 7.27. The highest BCUT2D eigenvalue weighted by Crippen LogP contribution is 2.31. The molecule has 1 aromatic heterocycles. The van der Waals surface area contributed by atoms with Crippen LogP contribution in [0.25, 0.3) is 0 Å². The van der Waals surface area contributed by atoms with Crippen LogP contribution < -0.4 is 4.90 Å². The summed E-state index contributed by atoms with van der Waals surface area (Å²) in [7, 11) is 0. The van der Waals surface area contributed by atoms with E-state index in [1.807, 2.05) is 37.3 Å². The van der Waals surface area contributed by atoms with Gasteiger partial charge in [-0.25, -0.2) is 9.97 Å². The van der Waals surface area contributed by atoms with Gasteiger partial charge in [0.25, 0.3) is 0 Å². The van der Waals surface area contributed by atoms with Crippen LogP contribution in [0.2, 0.25) is 0 Å². The average Bonchev–Trinajstić information content (AvgIpc) is 2.62. The highest BCUT2D eigenvalue weighted by atomic mass is 79.9. The molecule has 3 rings (SSSR count). The number of anilines is 1. The highest BCUT2D eigenvalue weighted by molar-refractivity contribution is 9.10. The third-order valence-electron chi connectivity index (χ3n) is 4.24. The van der Waals surface area contributed by atoms with Crippen LogP contribution in [0.15, 0.2) is 47.2 Å². The van der Waals surface area contributed by atoms with Crippen molar-refractivity contribution < 1.29 is 9.90 Å². The fourth-order valence-electron chi connectivity index (χ4n) is 3.05. The van der Waals surface area contributed by atoms with Gasteiger partial charge in [0.1, 0.15) is 6.61 Å². The first-order valence-electron chi connectivity index (χ1n) is 7.79. The molecule has 6 nitrogen and oxygen atoms in total. The number of rotatable bonds is 3. The SMILES string of the molecule is C[C@@H]1CN(c2ncc(Br)cn2)C(c2ccccc2)CN1C(=O)CO. The van der Waals surface area contributed by atoms with E-state index >= 15 is 0 Å². The maximum atomic E-state index is 12.1. The Kier molecular flexibility index (Phi) is 5.11. The summed E-state index contributed by atoms with van der Waals surface area (Å²) in [5.41, 5.74) is 1.09. The minimum Gasteiger partial charge on any atom is -0.387 e. The molecule has 1 N–H and O–H groups in total. The first-order chi connectivity index (χ1) is 11.6. The van der Waals surface area contributed by atoms with Crippen molar-refractivity contribution in [3.63, 3.8) is 0 Å². The van der Waals surface area contributed by atoms with E-state index in [-0.39, 0.29) is 18.0 Å². The van der Waals surface area contributed by atoms with Gasteiger partial charge in [0, 0.05) is 31.5 Å². The molecular formula is C17H19BrN4O2. The van der Waals surface area contributed by atoms with E-state index in [0.717, 1.165) is 10.0 Å². The van der Waals surface area contributed by atoms with E-state index in [2.05, 4.69) is 30.8 Å². The Hall–Kier alpha value is -1.99. The Bertz CT molecular complexity index is 695. The molecule has 0 spiro atoms. The number of aliphatic hydroxyl groups excluding tert-OH is 1. The number of hydrogen-bond acceptors (Lipinski definition) is 5. The fourth-order valence-corrected chi connectivity index (χ4v) is 3.25. The summed E-state index contributed by atoms with van der Waals surface area (Å²) in [4.78, 5) is 24.7. The third kappa shape index (κ3) is 3.42. The molecule has 2 aromatic rings. The lowest BCUT2D eigenvalue weighted by Crippen LogP contribution is -2.56. The number of carbonyl (C=O) groups excluding carboxylic acids is 1. The van der Waals surface area contributed by atoms with Gasteiger partial charge in [0.2, 0.25) is 11.9 Å². The lowest BCUT2D eigenvalue weighted by atomic mass is 10.00. The minimum atomic E-state index is -0.472. The smallest absolute Gasteiger partial charge is 0.248 e. The van der Waals surface area contributed by atoms with Gasteiger partial charge >= 0.3 is 0 Å². The molecular weight excluding hydrogens is 372 g/mol. The molecule has 7 heteroatoms. The van der Waals surface area contributed by atoms with Crippen LogP contribution in [0.3, 0.4) is 0 Å². The summed E-state index contributed by atoms with van der Waals surface area (Å²) in [5, 5.41) is 9.24. The van der Waals surface area contributed by atoms with Crippen molar-refractivity contribution in [2.75, 3.05) is 24.6 Å². The summed E-state index contributed by atoms with van der Waals surface area (Å²) in [6, 6.07) is 9.91. The van der Waals surface area contributed by atoms with Crippen LogP contribution in [0.1, 0.15) is 18.5 Å². The van der Waals surface area contributed by atoms with Crippen molar-refractivity contribution in [2.24, 2.45) is 0 Å². The zero-order chi connectivity index (χ0) is 17.1. The monoisotopic (exact) mass is 390 g/mol. The van der Waals surface area contributed by atoms with Crippen molar-refractivity contribution in [1.82, 2.24) is 14.9 Å². The van der Waals surface area contributed by atoms with E-state index < -0.39 is 6.61 Å². The fraction of sp³-hybridized carbons (Fsp3) is 0.353. The van der Waals surface area contributed by atoms with Gasteiger partial charge in [-0.15, -0.1) is 0 Å². The number of nitrogens with zero attached hydrogens (tertiary/aromatic N) is 4. The molecule has 1 unspecified atom stereocenters. The number of halogens is 1. The quantitative estimate of drug-likeness (QED) is 0.867. The van der Waals surface area contributed by atoms with Crippen molar-refractivity contribution in [2.45, 2.75) is 19.0 Å². The van der Waals surface area contributed by atoms with Gasteiger partial charge in [0.15, 0.2) is 0 Å². The van der Waals surface area contributed by atoms with Gasteiger partial charge in [-0.2, -0.15) is 0 Å². The van der Waals surface area contributed by atoms with Crippen molar-refractivity contribution in [3.05, 3.63) is 52.8 Å². The zero-order valence-electron chi connectivity index (χ0n) is 13.3. The first kappa shape index (κ1) is 16.9. The van der Waals surface area contributed by atoms with Crippen molar-refractivity contribution in [3.8, 4) is 0 Å². The Balaban J connectivity index is 1.96. The molecule has 0 radical (unpaired) electrons. The lowest BCUT2D eigenvalue weighted by Gasteiger charge is -2.45. The summed E-state index contributed by atoms with van der Waals surface area (Å²) in [6.07, 6.45) is 3.45. The van der Waals surface area contributed by atoms with Crippen molar-refractivity contribution >= 4 is 27.8 Å². The molecule has 2 heterocycles. The second-order valence-electron chi connectivity index (χ2n) is 5.83. The van der Waals surface area contributed by atoms with Crippen LogP contribution in [0, 0.1) is 0 Å². The molecule has 2 atom stereocenters. The molecule has 1 amide bonds. The molecule has 1 fully saturated rings. The van der Waals surface area contributed by atoms with E-state index in [0.29, 0.717) is 19.0 Å². The molecule has 24 heavy (non-hydrogen) atoms. The van der Waals surface area contributed by atoms with E-state index in [1.165, 1.54) is 0 Å². The normalized spacial score (nSPS) is 21.0. The third-order valence-corrected chi connectivity index (χ3v) is 4.65. The molecule has 1 aliphatic rings. The van der Waals surface area contributed by atoms with Gasteiger partial charge in [-0.05, 0) is 28.4 Å². The number of piperazine rings is 1. The molecule has 0 saturated carbocycles. The van der Waals surface area contributed by atoms with Gasteiger partial charge in [-0.1, -0.05) is 30.3 Å². The summed E-state index contributed by atoms with van der Waals surface area (Å²) < 4.78 is 0.824. The number of aromatic nitrogens is 2. The number of carbonyl (C=O) groups is 1. The van der Waals surface area contributed by atoms with E-state index in [9.17, 15) is 9.90 Å². The summed E-state index contributed by atoms with van der Waals surface area (Å²) >= 11 is 3.36. The zero-order valence-corrected chi connectivity index (χ0v) is 14.9. The first-order valence-corrected chi connectivity index (χ1v) is 8.59. The standard InChI is InChI=1S/C17H19BrN4O2/c1-12-9-22(17-19-7-14(18)8-20-17)15(10-21(12)16(24)11-23)13-5-3-2-4-6-13/h2-8,12,15,23H,9-11H2,1H3/t12-,15?/m1/s1. The molecule has 126 valence electrons. The van der Waals surface area contributed by atoms with Crippen LogP contribution in [0.4, 0.5) is 5.95 Å². The Labute approximate surface area is 149 Å². The predicted octanol–water partition coefficient (Wildman–Crippen LogP) is 2.01. The highest BCUT2D eigenvalue weighted by Gasteiger charge is 2.35. The van der Waals surface area contributed by atoms with Crippen LogP contribution in [0.5, 0.6) is 0 Å². The molecule has 1 aromatic carbocycles. The molecule has 1 aliphatic heterocycles. The van der Waals surface area contributed by atoms with Crippen LogP contribution >= 0.6 is 15.9 Å². The average molecular weight is 391 g/mol. The summed E-state index contributed by atoms with van der Waals surface area (Å²) in [6.45, 7) is 2.60. The number of benzene rings is 1. The van der Waals surface area contributed by atoms with Crippen LogP contribution in [-0.2, 0) is 4.79 Å². The Morgan fingerprint density at radius 2 is 1.92 bits per heavy atom. The number of hydrogen-bond donors (Lipinski definition) is 1. The van der Waals surface area contributed by atoms with Crippen LogP contribution in [-0.4, -0.2) is 51.6 Å². The maximum Gasteiger partial charge on any atom is 0.248 e. The number of aliphatic hydroxyl groups is 1. The van der Waals surface area contributed by atoms with Crippen molar-refractivity contribution in [1.29, 1.82) is 0 Å². The Morgan fingerprint density at radius 3 is 2.54 bits per heavy atom. The maximum absolute atomic E-state index is 12.1. The second-order valence-corrected chi connectivity index (χ2v) is 6.75. The molecule has 1 saturated heterocycles. The van der Waals surface area contributed by atoms with E-state index in [4.69, 9.17) is 0 Å². The lowest BCUT2D eigenvalue weighted by molar-refractivity contribution is -0.137. The van der Waals surface area contributed by atoms with E-state index in [1.54, 1.807) is 17.3 Å². The Morgan fingerprint density at radius 1 is 1.25 bits per heavy atom. The largest absolute Gasteiger partial charge is 0.387 e. The van der Waals surface area contributed by atoms with Gasteiger partial charge in [0.05, 0.1) is 10.5 Å². The molecule has 0 aliphatic carbocycles.